The zero-order valence-electron chi connectivity index (χ0n) is 72.1. The number of rotatable bonds is 4. The fourth-order valence-electron chi connectivity index (χ4n) is 16.5. The molecule has 0 unspecified atom stereocenters. The van der Waals surface area contributed by atoms with Crippen LogP contribution in [0.25, 0.3) is 228 Å². The Morgan fingerprint density at radius 1 is 0.201 bits per heavy atom. The van der Waals surface area contributed by atoms with Crippen LogP contribution in [-0.2, 0) is 11.2 Å². The van der Waals surface area contributed by atoms with E-state index >= 15 is 53.0 Å². The average Bonchev–Trinajstić information content (AvgIpc) is 1.61. The molecule has 40 heteroatoms. The topological polar surface area (TPSA) is 186 Å². The molecule has 0 saturated carbocycles. The van der Waals surface area contributed by atoms with E-state index in [1.54, 1.807) is 194 Å². The Balaban J connectivity index is 0.000000116. The van der Waals surface area contributed by atoms with Gasteiger partial charge in [-0.25, -0.2) is 110 Å². The second-order valence-electron chi connectivity index (χ2n) is 32.0. The number of benzene rings is 4. The molecule has 32 bridgehead atoms. The Hall–Kier alpha value is -16.7. The first-order valence-electron chi connectivity index (χ1n) is 42.3. The summed E-state index contributed by atoms with van der Waals surface area (Å²) < 4.78 is 304. The fourth-order valence-corrected chi connectivity index (χ4v) is 16.5. The summed E-state index contributed by atoms with van der Waals surface area (Å²) in [6.07, 6.45) is 13.1. The van der Waals surface area contributed by atoms with Crippen molar-refractivity contribution < 1.29 is 99.3 Å². The summed E-state index contributed by atoms with van der Waals surface area (Å²) in [5.41, 5.74) is -5.78. The molecule has 0 saturated heterocycles. The van der Waals surface area contributed by atoms with E-state index < -0.39 is 172 Å². The third-order valence-corrected chi connectivity index (χ3v) is 22.9. The number of aromatic amines is 4. The summed E-state index contributed by atoms with van der Waals surface area (Å²) in [6, 6.07) is 61.3. The molecule has 8 aliphatic heterocycles. The maximum absolute atomic E-state index is 15.6. The Morgan fingerprint density at radius 2 is 0.368 bits per heavy atom. The van der Waals surface area contributed by atoms with Crippen LogP contribution in [0.4, 0.5) is 88.2 Å². The molecular formula is C104H52Cl3F20FeN16. The summed E-state index contributed by atoms with van der Waals surface area (Å²) in [7, 11) is 14.7. The van der Waals surface area contributed by atoms with Gasteiger partial charge in [0.15, 0.2) is 93.2 Å². The Kier molecular flexibility index (Phi) is 25.5. The van der Waals surface area contributed by atoms with Crippen molar-refractivity contribution in [3.63, 3.8) is 0 Å². The Labute approximate surface area is 811 Å². The van der Waals surface area contributed by atoms with Gasteiger partial charge in [-0.05, 0) is 192 Å². The first-order valence-corrected chi connectivity index (χ1v) is 46.9. The van der Waals surface area contributed by atoms with Crippen molar-refractivity contribution in [3.8, 4) is 44.5 Å². The van der Waals surface area contributed by atoms with E-state index in [0.29, 0.717) is 66.9 Å². The van der Waals surface area contributed by atoms with Gasteiger partial charge in [-0.3, -0.25) is 0 Å². The molecule has 0 spiro atoms. The normalized spacial score (nSPS) is 13.0. The van der Waals surface area contributed by atoms with Gasteiger partial charge in [0, 0.05) is 66.4 Å². The molecule has 8 aliphatic rings. The van der Waals surface area contributed by atoms with Gasteiger partial charge in [-0.15, -0.1) is 0 Å². The number of fused-ring (bicyclic) bond motifs is 32. The molecule has 0 atom stereocenters. The minimum absolute atomic E-state index is 0.233. The zero-order valence-corrected chi connectivity index (χ0v) is 75.5. The van der Waals surface area contributed by atoms with E-state index in [1.807, 2.05) is 0 Å². The van der Waals surface area contributed by atoms with E-state index in [1.165, 1.54) is 97.1 Å². The van der Waals surface area contributed by atoms with E-state index in [2.05, 4.69) is 59.8 Å². The van der Waals surface area contributed by atoms with Crippen LogP contribution >= 0.6 is 30.3 Å². The van der Waals surface area contributed by atoms with E-state index in [-0.39, 0.29) is 109 Å². The molecule has 0 amide bonds. The van der Waals surface area contributed by atoms with Gasteiger partial charge in [0.05, 0.1) is 67.6 Å². The number of hydrogen-bond donors (Lipinski definition) is 4. The van der Waals surface area contributed by atoms with Gasteiger partial charge in [0.25, 0.3) is 0 Å². The van der Waals surface area contributed by atoms with Gasteiger partial charge in [0.2, 0.25) is 0 Å². The average molecular weight is 2070 g/mol. The summed E-state index contributed by atoms with van der Waals surface area (Å²) in [6.45, 7) is 0. The molecule has 16 aromatic rings. The number of nitrogens with zero attached hydrogens (tertiary/aromatic N) is 12. The van der Waals surface area contributed by atoms with Gasteiger partial charge < -0.3 is 19.9 Å². The van der Waals surface area contributed by atoms with Crippen molar-refractivity contribution in [3.05, 3.63) is 380 Å². The van der Waals surface area contributed by atoms with Crippen LogP contribution in [0.15, 0.2) is 243 Å². The number of aromatic nitrogens is 16. The maximum atomic E-state index is 15.6. The molecule has 144 heavy (non-hydrogen) atoms. The molecule has 717 valence electrons. The van der Waals surface area contributed by atoms with Crippen molar-refractivity contribution >= 4 is 214 Å². The molecule has 0 aliphatic carbocycles. The first-order chi connectivity index (χ1) is 69.3. The van der Waals surface area contributed by atoms with Gasteiger partial charge in [-0.2, -0.15) is 19.2 Å². The third kappa shape index (κ3) is 18.1. The summed E-state index contributed by atoms with van der Waals surface area (Å²) in [4.78, 5) is 43.3. The fraction of sp³-hybridized carbons (Fsp3) is 0. The molecule has 4 N–H and O–H groups in total. The quantitative estimate of drug-likeness (QED) is 0.0990. The van der Waals surface area contributed by atoms with Crippen LogP contribution in [-0.4, -0.2) is 79.0 Å². The van der Waals surface area contributed by atoms with Crippen molar-refractivity contribution in [2.75, 3.05) is 0 Å². The molecule has 0 radical (unpaired) electrons. The molecular weight excluding hydrogens is 2020 g/mol. The number of H-pyrrole nitrogens is 4. The Bertz CT molecular complexity index is 8120. The van der Waals surface area contributed by atoms with Crippen LogP contribution in [0.3, 0.4) is 0 Å². The van der Waals surface area contributed by atoms with Crippen LogP contribution in [0.5, 0.6) is 0 Å². The molecule has 0 fully saturated rings. The monoisotopic (exact) mass is 2070 g/mol. The standard InChI is InChI=1S/4C26H13F5N4.3ClH.Fe/c4*27-21-18-11-16-8-6-14(32-16)10-15-7-9-17(33-15)12-19-20(13-4-2-1-3-5-13)22(28)26(35(19)31)24(30)25(34-18)23(21)29;;;;/h4*1-12,32H;3*1H;/q;;;;;;;+3/p-3. The zero-order chi connectivity index (χ0) is 101. The Morgan fingerprint density at radius 3 is 0.549 bits per heavy atom. The summed E-state index contributed by atoms with van der Waals surface area (Å²) >= 11 is -1.33. The molecule has 20 heterocycles. The molecule has 16 nitrogen and oxygen atoms in total. The number of halogens is 23. The van der Waals surface area contributed by atoms with Crippen LogP contribution in [0.2, 0.25) is 0 Å². The predicted molar refractivity (Wildman–Crippen MR) is 515 cm³/mol. The van der Waals surface area contributed by atoms with E-state index in [4.69, 9.17) is 30.3 Å². The van der Waals surface area contributed by atoms with E-state index in [0.717, 1.165) is 0 Å². The van der Waals surface area contributed by atoms with Crippen LogP contribution in [0.1, 0.15) is 91.1 Å². The minimum atomic E-state index is -1.68. The molecule has 4 aromatic carbocycles. The SMILES string of the molecule is FC1=C(F)c2nc1cc1ccc(cc3nc(cc4c(-c5ccccc5)c(F)c(c2F)n4F)C=C3)[nH]1.FC1=C(F)c2nc1cc1ccc(cc3nc(cc4c(-c5ccccc5)c(F)c(c2F)n4F)C=C3)[nH]1.FC1=C(F)c2nc1cc1ccc(cc3nc(cc4c(-c5ccccc5)c(F)c(c2F)n4F)C=C3)[nH]1.FC1=C(F)c2nc1cc1ccc(cc3nc(cc4c(-c5ccccc5)c(F)c(c2F)n4F)C=C3)[nH]1.[Cl][Fe]([Cl])[Cl]. The molecule has 24 rings (SSSR count). The second-order valence-corrected chi connectivity index (χ2v) is 37.4. The summed E-state index contributed by atoms with van der Waals surface area (Å²) in [5, 5.41) is 0. The van der Waals surface area contributed by atoms with Gasteiger partial charge in [-0.1, -0.05) is 139 Å². The molecule has 12 aromatic heterocycles. The first kappa shape index (κ1) is 94.8. The summed E-state index contributed by atoms with van der Waals surface area (Å²) in [5.74, 6) is -24.2. The van der Waals surface area contributed by atoms with Crippen molar-refractivity contribution in [1.82, 2.24) is 79.0 Å². The number of hydrogen-bond acceptors (Lipinski definition) is 8. The number of nitrogens with one attached hydrogen (secondary N) is 4. The predicted octanol–water partition coefficient (Wildman–Crippen LogP) is 31.7. The van der Waals surface area contributed by atoms with Gasteiger partial charge >= 0.3 is 41.5 Å². The van der Waals surface area contributed by atoms with Crippen molar-refractivity contribution in [1.29, 1.82) is 0 Å². The van der Waals surface area contributed by atoms with Crippen LogP contribution in [0, 0.1) is 46.5 Å². The van der Waals surface area contributed by atoms with Gasteiger partial charge in [0.1, 0.15) is 67.6 Å². The second kappa shape index (κ2) is 38.7. The van der Waals surface area contributed by atoms with E-state index in [9.17, 15) is 35.1 Å². The van der Waals surface area contributed by atoms with Crippen molar-refractivity contribution in [2.24, 2.45) is 0 Å². The van der Waals surface area contributed by atoms with Crippen LogP contribution < -0.4 is 0 Å². The third-order valence-electron chi connectivity index (χ3n) is 22.9. The van der Waals surface area contributed by atoms with Crippen molar-refractivity contribution in [2.45, 2.75) is 0 Å².